The molecule has 0 bridgehead atoms. The minimum absolute atomic E-state index is 0.0148. The summed E-state index contributed by atoms with van der Waals surface area (Å²) >= 11 is 5.90. The maximum atomic E-state index is 12.3. The zero-order valence-corrected chi connectivity index (χ0v) is 12.5. The molecule has 0 aromatic carbocycles. The van der Waals surface area contributed by atoms with Gasteiger partial charge in [0.05, 0.1) is 10.6 Å². The highest BCUT2D eigenvalue weighted by molar-refractivity contribution is 7.89. The minimum atomic E-state index is -3.64. The molecule has 0 saturated carbocycles. The van der Waals surface area contributed by atoms with E-state index < -0.39 is 10.0 Å². The van der Waals surface area contributed by atoms with Gasteiger partial charge >= 0.3 is 0 Å². The van der Waals surface area contributed by atoms with Gasteiger partial charge in [0.2, 0.25) is 10.0 Å². The van der Waals surface area contributed by atoms with E-state index in [9.17, 15) is 8.42 Å². The maximum absolute atomic E-state index is 12.3. The van der Waals surface area contributed by atoms with Crippen LogP contribution >= 0.6 is 11.6 Å². The number of hydrogen-bond acceptors (Lipinski definition) is 4. The van der Waals surface area contributed by atoms with Crippen molar-refractivity contribution < 1.29 is 13.2 Å². The summed E-state index contributed by atoms with van der Waals surface area (Å²) in [6.45, 7) is 4.44. The molecule has 19 heavy (non-hydrogen) atoms. The third kappa shape index (κ3) is 3.66. The summed E-state index contributed by atoms with van der Waals surface area (Å²) in [6, 6.07) is 1.31. The number of aromatic nitrogens is 1. The second kappa shape index (κ2) is 5.36. The summed E-state index contributed by atoms with van der Waals surface area (Å²) in [5.41, 5.74) is -0.315. The van der Waals surface area contributed by atoms with Crippen LogP contribution in [-0.2, 0) is 14.8 Å². The van der Waals surface area contributed by atoms with Crippen molar-refractivity contribution >= 4 is 21.6 Å². The van der Waals surface area contributed by atoms with Crippen molar-refractivity contribution in [2.45, 2.75) is 43.2 Å². The van der Waals surface area contributed by atoms with Crippen LogP contribution < -0.4 is 4.72 Å². The highest BCUT2D eigenvalue weighted by Crippen LogP contribution is 2.26. The fraction of sp³-hybridized carbons (Fsp3) is 0.583. The summed E-state index contributed by atoms with van der Waals surface area (Å²) in [6.07, 6.45) is 4.00. The van der Waals surface area contributed by atoms with Crippen LogP contribution in [-0.4, -0.2) is 31.7 Å². The molecule has 106 valence electrons. The first-order valence-corrected chi connectivity index (χ1v) is 7.92. The van der Waals surface area contributed by atoms with Gasteiger partial charge < -0.3 is 4.74 Å². The van der Waals surface area contributed by atoms with Gasteiger partial charge in [-0.2, -0.15) is 0 Å². The maximum Gasteiger partial charge on any atom is 0.243 e. The molecule has 1 saturated heterocycles. The smallest absolute Gasteiger partial charge is 0.243 e. The molecule has 0 spiro atoms. The van der Waals surface area contributed by atoms with Crippen LogP contribution in [0.1, 0.15) is 26.7 Å². The van der Waals surface area contributed by atoms with Crippen LogP contribution in [0.4, 0.5) is 0 Å². The fourth-order valence-electron chi connectivity index (χ4n) is 2.18. The van der Waals surface area contributed by atoms with Crippen LogP contribution in [0.3, 0.4) is 0 Å². The highest BCUT2D eigenvalue weighted by Gasteiger charge is 2.32. The largest absolute Gasteiger partial charge is 0.375 e. The van der Waals surface area contributed by atoms with E-state index in [4.69, 9.17) is 16.3 Å². The van der Waals surface area contributed by atoms with E-state index in [0.29, 0.717) is 19.4 Å². The molecule has 1 aromatic heterocycles. The Morgan fingerprint density at radius 1 is 1.53 bits per heavy atom. The molecule has 1 unspecified atom stereocenters. The average Bonchev–Trinajstić information content (AvgIpc) is 2.27. The molecule has 0 amide bonds. The van der Waals surface area contributed by atoms with Crippen molar-refractivity contribution in [2.24, 2.45) is 0 Å². The lowest BCUT2D eigenvalue weighted by Gasteiger charge is -2.35. The zero-order valence-electron chi connectivity index (χ0n) is 10.9. The quantitative estimate of drug-likeness (QED) is 0.927. The third-order valence-electron chi connectivity index (χ3n) is 3.04. The molecule has 7 heteroatoms. The molecule has 1 aliphatic heterocycles. The van der Waals surface area contributed by atoms with Crippen molar-refractivity contribution in [3.8, 4) is 0 Å². The molecule has 0 radical (unpaired) electrons. The summed E-state index contributed by atoms with van der Waals surface area (Å²) in [5, 5.41) is 0.175. The Morgan fingerprint density at radius 3 is 2.89 bits per heavy atom. The Balaban J connectivity index is 2.16. The lowest BCUT2D eigenvalue weighted by atomic mass is 9.95. The molecule has 1 aromatic rings. The van der Waals surface area contributed by atoms with E-state index >= 15 is 0 Å². The van der Waals surface area contributed by atoms with Crippen molar-refractivity contribution in [3.05, 3.63) is 23.5 Å². The van der Waals surface area contributed by atoms with E-state index in [2.05, 4.69) is 9.71 Å². The predicted octanol–water partition coefficient (Wildman–Crippen LogP) is 1.97. The van der Waals surface area contributed by atoms with Gasteiger partial charge in [-0.1, -0.05) is 11.6 Å². The van der Waals surface area contributed by atoms with E-state index in [1.165, 1.54) is 18.5 Å². The number of halogens is 1. The number of hydrogen-bond donors (Lipinski definition) is 1. The Bertz CT molecular complexity index is 560. The van der Waals surface area contributed by atoms with Gasteiger partial charge in [-0.05, 0) is 32.8 Å². The normalized spacial score (nSPS) is 23.2. The molecule has 0 aliphatic carbocycles. The molecule has 1 atom stereocenters. The lowest BCUT2D eigenvalue weighted by Crippen LogP contribution is -2.45. The summed E-state index contributed by atoms with van der Waals surface area (Å²) in [7, 11) is -3.64. The third-order valence-corrected chi connectivity index (χ3v) is 5.03. The number of nitrogens with zero attached hydrogens (tertiary/aromatic N) is 1. The van der Waals surface area contributed by atoms with Gasteiger partial charge in [0.25, 0.3) is 0 Å². The SMILES string of the molecule is CC1(C)CC(NS(=O)(=O)c2cnccc2Cl)CCO1. The standard InChI is InChI=1S/C12H17ClN2O3S/c1-12(2)7-9(4-6-18-12)15-19(16,17)11-8-14-5-3-10(11)13/h3,5,8-9,15H,4,6-7H2,1-2H3. The molecule has 1 fully saturated rings. The Hall–Kier alpha value is -0.690. The first kappa shape index (κ1) is 14.7. The highest BCUT2D eigenvalue weighted by atomic mass is 35.5. The Morgan fingerprint density at radius 2 is 2.26 bits per heavy atom. The molecule has 1 N–H and O–H groups in total. The zero-order chi connectivity index (χ0) is 14.1. The van der Waals surface area contributed by atoms with Crippen molar-refractivity contribution in [3.63, 3.8) is 0 Å². The van der Waals surface area contributed by atoms with Gasteiger partial charge in [-0.15, -0.1) is 0 Å². The monoisotopic (exact) mass is 304 g/mol. The molecular weight excluding hydrogens is 288 g/mol. The number of ether oxygens (including phenoxy) is 1. The fourth-order valence-corrected chi connectivity index (χ4v) is 3.88. The summed E-state index contributed by atoms with van der Waals surface area (Å²) in [4.78, 5) is 3.82. The van der Waals surface area contributed by atoms with Crippen LogP contribution in [0.15, 0.2) is 23.4 Å². The number of pyridine rings is 1. The number of sulfonamides is 1. The molecular formula is C12H17ClN2O3S. The van der Waals surface area contributed by atoms with E-state index in [0.717, 1.165) is 0 Å². The second-order valence-corrected chi connectivity index (χ2v) is 7.31. The average molecular weight is 305 g/mol. The van der Waals surface area contributed by atoms with Crippen molar-refractivity contribution in [1.82, 2.24) is 9.71 Å². The van der Waals surface area contributed by atoms with Gasteiger partial charge in [0.15, 0.2) is 0 Å². The Labute approximate surface area is 118 Å². The number of nitrogens with one attached hydrogen (secondary N) is 1. The second-order valence-electron chi connectivity index (χ2n) is 5.23. The van der Waals surface area contributed by atoms with Gasteiger partial charge in [0, 0.05) is 25.0 Å². The van der Waals surface area contributed by atoms with Crippen LogP contribution in [0.25, 0.3) is 0 Å². The summed E-state index contributed by atoms with van der Waals surface area (Å²) < 4.78 is 32.8. The Kier molecular flexibility index (Phi) is 4.15. The predicted molar refractivity (Wildman–Crippen MR) is 72.6 cm³/mol. The van der Waals surface area contributed by atoms with Crippen LogP contribution in [0.5, 0.6) is 0 Å². The van der Waals surface area contributed by atoms with Gasteiger partial charge in [0.1, 0.15) is 4.90 Å². The van der Waals surface area contributed by atoms with Crippen LogP contribution in [0, 0.1) is 0 Å². The van der Waals surface area contributed by atoms with E-state index in [-0.39, 0.29) is 21.6 Å². The van der Waals surface area contributed by atoms with E-state index in [1.807, 2.05) is 13.8 Å². The van der Waals surface area contributed by atoms with Gasteiger partial charge in [-0.3, -0.25) is 4.98 Å². The number of rotatable bonds is 3. The first-order chi connectivity index (χ1) is 8.80. The van der Waals surface area contributed by atoms with Gasteiger partial charge in [-0.25, -0.2) is 13.1 Å². The van der Waals surface area contributed by atoms with Crippen LogP contribution in [0.2, 0.25) is 5.02 Å². The minimum Gasteiger partial charge on any atom is -0.375 e. The summed E-state index contributed by atoms with van der Waals surface area (Å²) in [5.74, 6) is 0. The molecule has 2 rings (SSSR count). The van der Waals surface area contributed by atoms with Crippen molar-refractivity contribution in [2.75, 3.05) is 6.61 Å². The topological polar surface area (TPSA) is 68.3 Å². The molecule has 5 nitrogen and oxygen atoms in total. The van der Waals surface area contributed by atoms with E-state index in [1.54, 1.807) is 0 Å². The first-order valence-electron chi connectivity index (χ1n) is 6.06. The van der Waals surface area contributed by atoms with Crippen molar-refractivity contribution in [1.29, 1.82) is 0 Å². The lowest BCUT2D eigenvalue weighted by molar-refractivity contribution is -0.0599. The molecule has 1 aliphatic rings. The molecule has 2 heterocycles.